The molecule has 1 N–H and O–H groups in total. The normalized spacial score (nSPS) is 15.1. The van der Waals surface area contributed by atoms with E-state index >= 15 is 0 Å². The van der Waals surface area contributed by atoms with Crippen molar-refractivity contribution in [2.75, 3.05) is 20.8 Å². The van der Waals surface area contributed by atoms with Crippen molar-refractivity contribution in [3.8, 4) is 11.5 Å². The first-order valence-corrected chi connectivity index (χ1v) is 14.0. The number of nitrogens with one attached hydrogen (secondary N) is 1. The summed E-state index contributed by atoms with van der Waals surface area (Å²) in [5, 5.41) is 5.77. The number of aromatic nitrogens is 3. The molecular formula is C34H36N4O3. The molecule has 210 valence electrons. The van der Waals surface area contributed by atoms with Gasteiger partial charge in [-0.25, -0.2) is 0 Å². The first-order valence-electron chi connectivity index (χ1n) is 14.0. The number of H-pyrrole nitrogens is 1. The van der Waals surface area contributed by atoms with Crippen LogP contribution in [0.3, 0.4) is 0 Å². The molecule has 3 heterocycles. The highest BCUT2D eigenvalue weighted by Crippen LogP contribution is 2.41. The number of para-hydroxylation sites is 1. The van der Waals surface area contributed by atoms with Crippen molar-refractivity contribution in [2.24, 2.45) is 0 Å². The van der Waals surface area contributed by atoms with Gasteiger partial charge in [0.15, 0.2) is 11.5 Å². The number of amides is 1. The highest BCUT2D eigenvalue weighted by Gasteiger charge is 2.36. The number of aromatic amines is 1. The molecule has 1 unspecified atom stereocenters. The van der Waals surface area contributed by atoms with Crippen LogP contribution in [0.25, 0.3) is 10.9 Å². The molecular weight excluding hydrogens is 512 g/mol. The number of fused-ring (bicyclic) bond motifs is 3. The minimum absolute atomic E-state index is 0.0382. The molecule has 2 aromatic heterocycles. The minimum Gasteiger partial charge on any atom is -0.493 e. The van der Waals surface area contributed by atoms with Gasteiger partial charge < -0.3 is 19.4 Å². The molecule has 41 heavy (non-hydrogen) atoms. The number of hydrogen-bond acceptors (Lipinski definition) is 4. The third-order valence-electron chi connectivity index (χ3n) is 8.08. The molecule has 5 aromatic rings. The van der Waals surface area contributed by atoms with Crippen LogP contribution in [0.1, 0.15) is 65.2 Å². The lowest BCUT2D eigenvalue weighted by molar-refractivity contribution is 0.0679. The smallest absolute Gasteiger partial charge is 0.272 e. The molecule has 1 aliphatic rings. The molecule has 0 saturated heterocycles. The van der Waals surface area contributed by atoms with E-state index in [0.29, 0.717) is 30.3 Å². The Bertz CT molecular complexity index is 1730. The average Bonchev–Trinajstić information content (AvgIpc) is 3.60. The Morgan fingerprint density at radius 1 is 0.976 bits per heavy atom. The summed E-state index contributed by atoms with van der Waals surface area (Å²) in [5.41, 5.74) is 7.27. The third kappa shape index (κ3) is 4.86. The monoisotopic (exact) mass is 548 g/mol. The Morgan fingerprint density at radius 3 is 2.56 bits per heavy atom. The molecule has 6 rings (SSSR count). The lowest BCUT2D eigenvalue weighted by Crippen LogP contribution is -2.41. The quantitative estimate of drug-likeness (QED) is 0.262. The molecule has 7 nitrogen and oxygen atoms in total. The van der Waals surface area contributed by atoms with E-state index in [0.717, 1.165) is 28.8 Å². The van der Waals surface area contributed by atoms with E-state index in [1.54, 1.807) is 20.4 Å². The number of hydrogen-bond donors (Lipinski definition) is 1. The van der Waals surface area contributed by atoms with E-state index in [-0.39, 0.29) is 17.4 Å². The van der Waals surface area contributed by atoms with Crippen LogP contribution in [0, 0.1) is 0 Å². The summed E-state index contributed by atoms with van der Waals surface area (Å²) >= 11 is 0. The second-order valence-electron chi connectivity index (χ2n) is 11.7. The van der Waals surface area contributed by atoms with E-state index in [9.17, 15) is 4.79 Å². The molecule has 1 aliphatic heterocycles. The van der Waals surface area contributed by atoms with Crippen LogP contribution in [0.4, 0.5) is 0 Å². The molecule has 0 radical (unpaired) electrons. The molecule has 0 fully saturated rings. The van der Waals surface area contributed by atoms with E-state index in [2.05, 4.69) is 73.3 Å². The number of carbonyl (C=O) groups is 1. The molecule has 0 bridgehead atoms. The number of rotatable bonds is 6. The molecule has 0 spiro atoms. The maximum absolute atomic E-state index is 14.4. The van der Waals surface area contributed by atoms with Gasteiger partial charge >= 0.3 is 0 Å². The van der Waals surface area contributed by atoms with Gasteiger partial charge in [0.1, 0.15) is 5.69 Å². The number of nitrogens with zero attached hydrogens (tertiary/aromatic N) is 3. The van der Waals surface area contributed by atoms with Gasteiger partial charge in [0, 0.05) is 29.3 Å². The summed E-state index contributed by atoms with van der Waals surface area (Å²) < 4.78 is 13.0. The maximum Gasteiger partial charge on any atom is 0.272 e. The zero-order valence-electron chi connectivity index (χ0n) is 24.3. The summed E-state index contributed by atoms with van der Waals surface area (Å²) in [5.74, 6) is 1.22. The highest BCUT2D eigenvalue weighted by molar-refractivity contribution is 5.94. The van der Waals surface area contributed by atoms with Crippen molar-refractivity contribution in [3.05, 3.63) is 113 Å². The van der Waals surface area contributed by atoms with Crippen LogP contribution in [0.15, 0.2) is 79.0 Å². The minimum atomic E-state index is -0.328. The van der Waals surface area contributed by atoms with Gasteiger partial charge in [-0.15, -0.1) is 0 Å². The zero-order chi connectivity index (χ0) is 28.7. The number of ether oxygens (including phenoxy) is 2. The van der Waals surface area contributed by atoms with E-state index in [1.807, 2.05) is 39.9 Å². The van der Waals surface area contributed by atoms with Gasteiger partial charge in [-0.3, -0.25) is 9.48 Å². The van der Waals surface area contributed by atoms with Crippen LogP contribution in [-0.4, -0.2) is 46.3 Å². The van der Waals surface area contributed by atoms with Crippen molar-refractivity contribution in [1.29, 1.82) is 0 Å². The summed E-state index contributed by atoms with van der Waals surface area (Å²) in [7, 11) is 3.26. The standard InChI is InChI=1S/C34H36N4O3/c1-34(2,3)24-10-8-9-22(19-24)21-38-28(15-17-35-38)33(39)37-18-16-26-25-11-6-7-12-27(25)36-31(26)32(37)23-13-14-29(40-4)30(20-23)41-5/h6-15,17,19-20,32,36H,16,18,21H2,1-5H3. The first kappa shape index (κ1) is 26.7. The van der Waals surface area contributed by atoms with Gasteiger partial charge in [0.2, 0.25) is 0 Å². The van der Waals surface area contributed by atoms with Crippen molar-refractivity contribution >= 4 is 16.8 Å². The lowest BCUT2D eigenvalue weighted by Gasteiger charge is -2.36. The molecule has 1 amide bonds. The summed E-state index contributed by atoms with van der Waals surface area (Å²) in [6, 6.07) is 24.2. The van der Waals surface area contributed by atoms with Gasteiger partial charge in [-0.1, -0.05) is 69.3 Å². The molecule has 1 atom stereocenters. The van der Waals surface area contributed by atoms with E-state index < -0.39 is 0 Å². The second kappa shape index (κ2) is 10.5. The Labute approximate surface area is 240 Å². The Kier molecular flexibility index (Phi) is 6.81. The van der Waals surface area contributed by atoms with Crippen LogP contribution in [0.5, 0.6) is 11.5 Å². The van der Waals surface area contributed by atoms with Crippen molar-refractivity contribution in [2.45, 2.75) is 45.2 Å². The van der Waals surface area contributed by atoms with Crippen molar-refractivity contribution < 1.29 is 14.3 Å². The SMILES string of the molecule is COc1ccc(C2c3[nH]c4ccccc4c3CCN2C(=O)c2ccnn2Cc2cccc(C(C)(C)C)c2)cc1OC. The van der Waals surface area contributed by atoms with E-state index in [1.165, 1.54) is 16.5 Å². The fourth-order valence-corrected chi connectivity index (χ4v) is 5.93. The Balaban J connectivity index is 1.41. The molecule has 7 heteroatoms. The highest BCUT2D eigenvalue weighted by atomic mass is 16.5. The molecule has 0 saturated carbocycles. The molecule has 3 aromatic carbocycles. The predicted octanol–water partition coefficient (Wildman–Crippen LogP) is 6.52. The third-order valence-corrected chi connectivity index (χ3v) is 8.08. The van der Waals surface area contributed by atoms with Crippen LogP contribution >= 0.6 is 0 Å². The van der Waals surface area contributed by atoms with Crippen molar-refractivity contribution in [3.63, 3.8) is 0 Å². The van der Waals surface area contributed by atoms with Crippen LogP contribution in [0.2, 0.25) is 0 Å². The fourth-order valence-electron chi connectivity index (χ4n) is 5.93. The first-order chi connectivity index (χ1) is 19.8. The average molecular weight is 549 g/mol. The second-order valence-corrected chi connectivity index (χ2v) is 11.7. The van der Waals surface area contributed by atoms with Crippen molar-refractivity contribution in [1.82, 2.24) is 19.7 Å². The van der Waals surface area contributed by atoms with Gasteiger partial charge in [0.25, 0.3) is 5.91 Å². The lowest BCUT2D eigenvalue weighted by atomic mass is 9.86. The summed E-state index contributed by atoms with van der Waals surface area (Å²) in [6.45, 7) is 7.72. The number of methoxy groups -OCH3 is 2. The predicted molar refractivity (Wildman–Crippen MR) is 161 cm³/mol. The molecule has 0 aliphatic carbocycles. The Morgan fingerprint density at radius 2 is 1.78 bits per heavy atom. The number of benzene rings is 3. The van der Waals surface area contributed by atoms with E-state index in [4.69, 9.17) is 9.47 Å². The van der Waals surface area contributed by atoms with Crippen LogP contribution < -0.4 is 9.47 Å². The fraction of sp³-hybridized carbons (Fsp3) is 0.294. The largest absolute Gasteiger partial charge is 0.493 e. The van der Waals surface area contributed by atoms with Gasteiger partial charge in [-0.2, -0.15) is 5.10 Å². The Hall–Kier alpha value is -4.52. The maximum atomic E-state index is 14.4. The summed E-state index contributed by atoms with van der Waals surface area (Å²) in [6.07, 6.45) is 2.47. The van der Waals surface area contributed by atoms with Gasteiger partial charge in [0.05, 0.1) is 26.8 Å². The topological polar surface area (TPSA) is 72.4 Å². The summed E-state index contributed by atoms with van der Waals surface area (Å²) in [4.78, 5) is 20.0. The number of carbonyl (C=O) groups excluding carboxylic acids is 1. The van der Waals surface area contributed by atoms with Gasteiger partial charge in [-0.05, 0) is 58.4 Å². The zero-order valence-corrected chi connectivity index (χ0v) is 24.3. The van der Waals surface area contributed by atoms with Crippen LogP contribution in [-0.2, 0) is 18.4 Å².